The van der Waals surface area contributed by atoms with Gasteiger partial charge in [-0.3, -0.25) is 19.1 Å². The predicted octanol–water partition coefficient (Wildman–Crippen LogP) is 1.12. The van der Waals surface area contributed by atoms with Crippen LogP contribution in [0.1, 0.15) is 12.2 Å². The summed E-state index contributed by atoms with van der Waals surface area (Å²) in [6.45, 7) is -2.92. The smallest absolute Gasteiger partial charge is 0.387 e. The molecule has 3 aromatic rings. The minimum atomic E-state index is -2.92. The van der Waals surface area contributed by atoms with Crippen LogP contribution in [0.4, 0.5) is 14.5 Å². The Balaban J connectivity index is 1.63. The van der Waals surface area contributed by atoms with Gasteiger partial charge in [0, 0.05) is 25.6 Å². The van der Waals surface area contributed by atoms with E-state index >= 15 is 0 Å². The fraction of sp³-hybridized carbons (Fsp3) is 0.250. The van der Waals surface area contributed by atoms with Crippen LogP contribution in [-0.4, -0.2) is 32.0 Å². The number of benzene rings is 1. The van der Waals surface area contributed by atoms with Gasteiger partial charge in [-0.1, -0.05) is 0 Å². The number of nitrogens with one attached hydrogen (secondary N) is 3. The van der Waals surface area contributed by atoms with Crippen molar-refractivity contribution in [3.05, 3.63) is 50.9 Å². The number of carbonyl (C=O) groups excluding carboxylic acids is 1. The Morgan fingerprint density at radius 3 is 2.63 bits per heavy atom. The number of rotatable bonds is 6. The third kappa shape index (κ3) is 4.19. The summed E-state index contributed by atoms with van der Waals surface area (Å²) in [5.74, 6) is 0.0365. The number of H-pyrrole nitrogens is 2. The van der Waals surface area contributed by atoms with Crippen LogP contribution < -0.4 is 21.3 Å². The number of ether oxygens (including phenoxy) is 1. The molecule has 0 bridgehead atoms. The Morgan fingerprint density at radius 1 is 1.26 bits per heavy atom. The number of alkyl halides is 2. The first-order valence-corrected chi connectivity index (χ1v) is 7.86. The van der Waals surface area contributed by atoms with E-state index in [9.17, 15) is 23.2 Å². The Bertz CT molecular complexity index is 1080. The van der Waals surface area contributed by atoms with Gasteiger partial charge in [-0.15, -0.1) is 0 Å². The fourth-order valence-corrected chi connectivity index (χ4v) is 2.45. The molecule has 0 spiro atoms. The largest absolute Gasteiger partial charge is 0.435 e. The Morgan fingerprint density at radius 2 is 1.96 bits per heavy atom. The standard InChI is InChI=1S/C16H15F2N5O4/c1-23-13-12(14(25)22-16(23)26)20-10(21-13)6-7-11(24)19-8-2-4-9(5-3-8)27-15(17)18/h2-5,15H,6-7H2,1H3,(H,19,24)(H,20,21)(H,22,25,26). The van der Waals surface area contributed by atoms with Gasteiger partial charge in [0.25, 0.3) is 5.56 Å². The molecule has 9 nitrogen and oxygen atoms in total. The van der Waals surface area contributed by atoms with Crippen LogP contribution in [0.15, 0.2) is 33.9 Å². The van der Waals surface area contributed by atoms with Crippen LogP contribution >= 0.6 is 0 Å². The van der Waals surface area contributed by atoms with E-state index in [0.717, 1.165) is 0 Å². The molecule has 11 heteroatoms. The molecule has 2 heterocycles. The normalized spacial score (nSPS) is 11.1. The van der Waals surface area contributed by atoms with Crippen molar-refractivity contribution in [2.75, 3.05) is 5.32 Å². The molecule has 0 aliphatic carbocycles. The Labute approximate surface area is 150 Å². The van der Waals surface area contributed by atoms with Gasteiger partial charge in [0.2, 0.25) is 5.91 Å². The number of nitrogens with zero attached hydrogens (tertiary/aromatic N) is 2. The van der Waals surface area contributed by atoms with Gasteiger partial charge in [0.1, 0.15) is 17.1 Å². The SMILES string of the molecule is Cn1c(=O)[nH]c(=O)c2[nH]c(CCC(=O)Nc3ccc(OC(F)F)cc3)nc21. The summed E-state index contributed by atoms with van der Waals surface area (Å²) < 4.78 is 29.6. The number of fused-ring (bicyclic) bond motifs is 1. The van der Waals surface area contributed by atoms with Gasteiger partial charge in [-0.2, -0.15) is 8.78 Å². The lowest BCUT2D eigenvalue weighted by Crippen LogP contribution is -2.28. The molecule has 0 saturated heterocycles. The van der Waals surface area contributed by atoms with Gasteiger partial charge < -0.3 is 15.0 Å². The molecule has 1 amide bonds. The first-order valence-electron chi connectivity index (χ1n) is 7.86. The Hall–Kier alpha value is -3.50. The summed E-state index contributed by atoms with van der Waals surface area (Å²) in [5.41, 5.74) is -0.383. The average Bonchev–Trinajstić information content (AvgIpc) is 3.04. The van der Waals surface area contributed by atoms with Gasteiger partial charge in [0.05, 0.1) is 0 Å². The number of carbonyl (C=O) groups is 1. The molecule has 0 radical (unpaired) electrons. The summed E-state index contributed by atoms with van der Waals surface area (Å²) in [6, 6.07) is 5.50. The van der Waals surface area contributed by atoms with Crippen molar-refractivity contribution < 1.29 is 18.3 Å². The van der Waals surface area contributed by atoms with E-state index in [4.69, 9.17) is 0 Å². The number of imidazole rings is 1. The average molecular weight is 379 g/mol. The second kappa shape index (κ2) is 7.40. The zero-order chi connectivity index (χ0) is 19.6. The monoisotopic (exact) mass is 379 g/mol. The maximum atomic E-state index is 12.1. The first kappa shape index (κ1) is 18.3. The number of hydrogen-bond donors (Lipinski definition) is 3. The molecular weight excluding hydrogens is 364 g/mol. The second-order valence-electron chi connectivity index (χ2n) is 5.65. The number of anilines is 1. The van der Waals surface area contributed by atoms with E-state index in [0.29, 0.717) is 11.5 Å². The molecule has 0 fully saturated rings. The highest BCUT2D eigenvalue weighted by Gasteiger charge is 2.12. The van der Waals surface area contributed by atoms with E-state index < -0.39 is 17.9 Å². The molecule has 0 aliphatic rings. The molecule has 2 aromatic heterocycles. The van der Waals surface area contributed by atoms with Crippen LogP contribution in [0, 0.1) is 0 Å². The molecule has 1 aromatic carbocycles. The third-order valence-electron chi connectivity index (χ3n) is 3.76. The zero-order valence-corrected chi connectivity index (χ0v) is 14.1. The topological polar surface area (TPSA) is 122 Å². The van der Waals surface area contributed by atoms with E-state index in [1.54, 1.807) is 0 Å². The van der Waals surface area contributed by atoms with Crippen LogP contribution in [0.3, 0.4) is 0 Å². The summed E-state index contributed by atoms with van der Waals surface area (Å²) in [6.07, 6.45) is 0.266. The van der Waals surface area contributed by atoms with Crippen molar-refractivity contribution in [1.29, 1.82) is 0 Å². The summed E-state index contributed by atoms with van der Waals surface area (Å²) >= 11 is 0. The van der Waals surface area contributed by atoms with Crippen molar-refractivity contribution >= 4 is 22.8 Å². The maximum absolute atomic E-state index is 12.1. The lowest BCUT2D eigenvalue weighted by molar-refractivity contribution is -0.116. The number of aromatic amines is 2. The predicted molar refractivity (Wildman–Crippen MR) is 92.0 cm³/mol. The molecule has 3 N–H and O–H groups in total. The van der Waals surface area contributed by atoms with Gasteiger partial charge >= 0.3 is 12.3 Å². The molecule has 0 unspecified atom stereocenters. The second-order valence-corrected chi connectivity index (χ2v) is 5.65. The highest BCUT2D eigenvalue weighted by Crippen LogP contribution is 2.18. The third-order valence-corrected chi connectivity index (χ3v) is 3.76. The van der Waals surface area contributed by atoms with E-state index in [2.05, 4.69) is 25.0 Å². The van der Waals surface area contributed by atoms with Crippen molar-refractivity contribution in [3.63, 3.8) is 0 Å². The molecule has 142 valence electrons. The lowest BCUT2D eigenvalue weighted by Gasteiger charge is -2.07. The number of amides is 1. The molecule has 0 aliphatic heterocycles. The number of aryl methyl sites for hydroxylation is 2. The van der Waals surface area contributed by atoms with Crippen molar-refractivity contribution in [1.82, 2.24) is 19.5 Å². The fourth-order valence-electron chi connectivity index (χ4n) is 2.45. The van der Waals surface area contributed by atoms with Gasteiger partial charge in [-0.05, 0) is 24.3 Å². The molecule has 0 atom stereocenters. The highest BCUT2D eigenvalue weighted by atomic mass is 19.3. The summed E-state index contributed by atoms with van der Waals surface area (Å²) in [7, 11) is 1.47. The Kier molecular flexibility index (Phi) is 5.01. The lowest BCUT2D eigenvalue weighted by atomic mass is 10.2. The first-order chi connectivity index (χ1) is 12.8. The van der Waals surface area contributed by atoms with E-state index in [-0.39, 0.29) is 35.7 Å². The van der Waals surface area contributed by atoms with Crippen molar-refractivity contribution in [3.8, 4) is 5.75 Å². The minimum absolute atomic E-state index is 0.0129. The zero-order valence-electron chi connectivity index (χ0n) is 14.1. The summed E-state index contributed by atoms with van der Waals surface area (Å²) in [4.78, 5) is 44.5. The van der Waals surface area contributed by atoms with E-state index in [1.165, 1.54) is 35.9 Å². The molecule has 0 saturated carbocycles. The maximum Gasteiger partial charge on any atom is 0.387 e. The molecule has 27 heavy (non-hydrogen) atoms. The van der Waals surface area contributed by atoms with Crippen LogP contribution in [0.5, 0.6) is 5.75 Å². The molecular formula is C16H15F2N5O4. The van der Waals surface area contributed by atoms with Crippen molar-refractivity contribution in [2.24, 2.45) is 7.05 Å². The van der Waals surface area contributed by atoms with Crippen LogP contribution in [0.2, 0.25) is 0 Å². The van der Waals surface area contributed by atoms with Crippen LogP contribution in [0.25, 0.3) is 11.2 Å². The minimum Gasteiger partial charge on any atom is -0.435 e. The highest BCUT2D eigenvalue weighted by molar-refractivity contribution is 5.90. The van der Waals surface area contributed by atoms with E-state index in [1.807, 2.05) is 0 Å². The number of halogens is 2. The van der Waals surface area contributed by atoms with Crippen molar-refractivity contribution in [2.45, 2.75) is 19.5 Å². The van der Waals surface area contributed by atoms with Gasteiger partial charge in [-0.25, -0.2) is 9.78 Å². The summed E-state index contributed by atoms with van der Waals surface area (Å²) in [5, 5.41) is 2.61. The quantitative estimate of drug-likeness (QED) is 0.593. The van der Waals surface area contributed by atoms with Crippen LogP contribution in [-0.2, 0) is 18.3 Å². The van der Waals surface area contributed by atoms with Gasteiger partial charge in [0.15, 0.2) is 5.65 Å². The molecule has 3 rings (SSSR count). The number of aromatic nitrogens is 4. The number of hydrogen-bond acceptors (Lipinski definition) is 5.